The number of rotatable bonds is 5. The summed E-state index contributed by atoms with van der Waals surface area (Å²) in [5.41, 5.74) is 6.97. The maximum atomic E-state index is 12.2. The molecule has 6 nitrogen and oxygen atoms in total. The highest BCUT2D eigenvalue weighted by Gasteiger charge is 2.21. The summed E-state index contributed by atoms with van der Waals surface area (Å²) in [5, 5.41) is 2.45. The van der Waals surface area contributed by atoms with Crippen molar-refractivity contribution in [1.29, 1.82) is 0 Å². The van der Waals surface area contributed by atoms with Gasteiger partial charge in [-0.1, -0.05) is 6.07 Å². The molecule has 0 aliphatic carbocycles. The fourth-order valence-corrected chi connectivity index (χ4v) is 2.67. The van der Waals surface area contributed by atoms with Crippen LogP contribution in [0.15, 0.2) is 23.1 Å². The lowest BCUT2D eigenvalue weighted by Crippen LogP contribution is -2.31. The summed E-state index contributed by atoms with van der Waals surface area (Å²) in [6, 6.07) is 4.60. The third kappa shape index (κ3) is 3.68. The van der Waals surface area contributed by atoms with E-state index in [2.05, 4.69) is 5.32 Å². The summed E-state index contributed by atoms with van der Waals surface area (Å²) in [4.78, 5) is 11.3. The zero-order valence-electron chi connectivity index (χ0n) is 11.3. The van der Waals surface area contributed by atoms with Gasteiger partial charge in [-0.3, -0.25) is 4.79 Å². The lowest BCUT2D eigenvalue weighted by molar-refractivity contribution is -0.120. The van der Waals surface area contributed by atoms with E-state index in [1.807, 2.05) is 0 Å². The number of sulfonamides is 1. The lowest BCUT2D eigenvalue weighted by atomic mass is 10.2. The fourth-order valence-electron chi connectivity index (χ4n) is 1.46. The summed E-state index contributed by atoms with van der Waals surface area (Å²) in [6.45, 7) is 1.93. The first kappa shape index (κ1) is 15.5. The highest BCUT2D eigenvalue weighted by Crippen LogP contribution is 2.20. The van der Waals surface area contributed by atoms with Crippen LogP contribution in [0, 0.1) is 6.92 Å². The minimum Gasteiger partial charge on any atom is -0.398 e. The van der Waals surface area contributed by atoms with E-state index in [0.717, 1.165) is 9.87 Å². The number of benzene rings is 1. The second-order valence-corrected chi connectivity index (χ2v) is 6.31. The molecule has 0 unspecified atom stereocenters. The van der Waals surface area contributed by atoms with Crippen LogP contribution in [0.25, 0.3) is 0 Å². The minimum atomic E-state index is -3.61. The molecule has 0 aliphatic heterocycles. The second-order valence-electron chi connectivity index (χ2n) is 4.27. The van der Waals surface area contributed by atoms with Crippen LogP contribution in [-0.2, 0) is 14.8 Å². The van der Waals surface area contributed by atoms with Gasteiger partial charge in [0.25, 0.3) is 0 Å². The van der Waals surface area contributed by atoms with Gasteiger partial charge < -0.3 is 11.1 Å². The largest absolute Gasteiger partial charge is 0.398 e. The molecule has 106 valence electrons. The predicted octanol–water partition coefficient (Wildman–Crippen LogP) is 0.334. The van der Waals surface area contributed by atoms with Crippen molar-refractivity contribution in [1.82, 2.24) is 9.62 Å². The molecule has 0 atom stereocenters. The van der Waals surface area contributed by atoms with E-state index in [0.29, 0.717) is 5.69 Å². The van der Waals surface area contributed by atoms with E-state index in [1.54, 1.807) is 13.0 Å². The summed E-state index contributed by atoms with van der Waals surface area (Å²) in [7, 11) is -0.659. The SMILES string of the molecule is CNC(=O)CCN(C)S(=O)(=O)c1ccc(C)c(N)c1. The number of hydrogen-bond donors (Lipinski definition) is 2. The third-order valence-corrected chi connectivity index (χ3v) is 4.74. The summed E-state index contributed by atoms with van der Waals surface area (Å²) in [6.07, 6.45) is 0.119. The fraction of sp³-hybridized carbons (Fsp3) is 0.417. The number of amides is 1. The molecule has 0 fully saturated rings. The van der Waals surface area contributed by atoms with Gasteiger partial charge in [0.2, 0.25) is 15.9 Å². The molecule has 19 heavy (non-hydrogen) atoms. The van der Waals surface area contributed by atoms with Crippen LogP contribution in [0.2, 0.25) is 0 Å². The number of hydrogen-bond acceptors (Lipinski definition) is 4. The molecule has 7 heteroatoms. The second kappa shape index (κ2) is 6.03. The lowest BCUT2D eigenvalue weighted by Gasteiger charge is -2.17. The molecule has 1 rings (SSSR count). The van der Waals surface area contributed by atoms with Crippen LogP contribution in [0.4, 0.5) is 5.69 Å². The summed E-state index contributed by atoms with van der Waals surface area (Å²) in [5.74, 6) is -0.203. The molecule has 0 saturated carbocycles. The first-order valence-corrected chi connectivity index (χ1v) is 7.26. The number of carbonyl (C=O) groups is 1. The molecule has 1 aromatic carbocycles. The van der Waals surface area contributed by atoms with Crippen molar-refractivity contribution in [2.24, 2.45) is 0 Å². The van der Waals surface area contributed by atoms with Crippen molar-refractivity contribution >= 4 is 21.6 Å². The highest BCUT2D eigenvalue weighted by atomic mass is 32.2. The standard InChI is InChI=1S/C12H19N3O3S/c1-9-4-5-10(8-11(9)13)19(17,18)15(3)7-6-12(16)14-2/h4-5,8H,6-7,13H2,1-3H3,(H,14,16). The zero-order chi connectivity index (χ0) is 14.6. The Balaban J connectivity index is 2.90. The number of nitrogens with two attached hydrogens (primary N) is 1. The predicted molar refractivity (Wildman–Crippen MR) is 74.1 cm³/mol. The van der Waals surface area contributed by atoms with Crippen molar-refractivity contribution in [3.63, 3.8) is 0 Å². The van der Waals surface area contributed by atoms with Gasteiger partial charge in [-0.15, -0.1) is 0 Å². The average molecular weight is 285 g/mol. The molecule has 1 amide bonds. The smallest absolute Gasteiger partial charge is 0.242 e. The molecule has 1 aromatic rings. The van der Waals surface area contributed by atoms with Crippen LogP contribution < -0.4 is 11.1 Å². The van der Waals surface area contributed by atoms with Crippen LogP contribution in [0.1, 0.15) is 12.0 Å². The van der Waals surface area contributed by atoms with E-state index < -0.39 is 10.0 Å². The van der Waals surface area contributed by atoms with Crippen molar-refractivity contribution in [3.8, 4) is 0 Å². The van der Waals surface area contributed by atoms with Crippen molar-refractivity contribution in [2.75, 3.05) is 26.4 Å². The van der Waals surface area contributed by atoms with Crippen LogP contribution in [0.3, 0.4) is 0 Å². The maximum Gasteiger partial charge on any atom is 0.242 e. The molecule has 0 saturated heterocycles. The Hall–Kier alpha value is -1.60. The Bertz CT molecular complexity index is 570. The van der Waals surface area contributed by atoms with Gasteiger partial charge in [-0.25, -0.2) is 12.7 Å². The van der Waals surface area contributed by atoms with E-state index >= 15 is 0 Å². The van der Waals surface area contributed by atoms with E-state index in [9.17, 15) is 13.2 Å². The van der Waals surface area contributed by atoms with Crippen LogP contribution >= 0.6 is 0 Å². The first-order chi connectivity index (χ1) is 8.78. The minimum absolute atomic E-state index is 0.119. The molecule has 0 spiro atoms. The van der Waals surface area contributed by atoms with Gasteiger partial charge in [-0.05, 0) is 24.6 Å². The van der Waals surface area contributed by atoms with Gasteiger partial charge in [-0.2, -0.15) is 0 Å². The van der Waals surface area contributed by atoms with E-state index in [-0.39, 0.29) is 23.8 Å². The number of aryl methyl sites for hydroxylation is 1. The molecule has 0 heterocycles. The molecular weight excluding hydrogens is 266 g/mol. The Morgan fingerprint density at radius 2 is 2.05 bits per heavy atom. The molecule has 0 aromatic heterocycles. The van der Waals surface area contributed by atoms with E-state index in [1.165, 1.54) is 26.2 Å². The van der Waals surface area contributed by atoms with Gasteiger partial charge in [0.05, 0.1) is 4.90 Å². The Morgan fingerprint density at radius 3 is 2.58 bits per heavy atom. The quantitative estimate of drug-likeness (QED) is 0.763. The van der Waals surface area contributed by atoms with Crippen LogP contribution in [0.5, 0.6) is 0 Å². The Morgan fingerprint density at radius 1 is 1.42 bits per heavy atom. The van der Waals surface area contributed by atoms with Crippen molar-refractivity contribution in [2.45, 2.75) is 18.2 Å². The average Bonchev–Trinajstić information content (AvgIpc) is 2.38. The Labute approximate surface area is 113 Å². The normalized spacial score (nSPS) is 11.6. The van der Waals surface area contributed by atoms with Gasteiger partial charge in [0, 0.05) is 32.7 Å². The van der Waals surface area contributed by atoms with Crippen molar-refractivity contribution in [3.05, 3.63) is 23.8 Å². The highest BCUT2D eigenvalue weighted by molar-refractivity contribution is 7.89. The van der Waals surface area contributed by atoms with Crippen molar-refractivity contribution < 1.29 is 13.2 Å². The number of nitrogen functional groups attached to an aromatic ring is 1. The number of anilines is 1. The molecule has 3 N–H and O–H groups in total. The maximum absolute atomic E-state index is 12.2. The molecule has 0 bridgehead atoms. The molecule has 0 radical (unpaired) electrons. The van der Waals surface area contributed by atoms with Gasteiger partial charge in [0.1, 0.15) is 0 Å². The van der Waals surface area contributed by atoms with Gasteiger partial charge >= 0.3 is 0 Å². The third-order valence-electron chi connectivity index (χ3n) is 2.89. The monoisotopic (exact) mass is 285 g/mol. The number of nitrogens with one attached hydrogen (secondary N) is 1. The van der Waals surface area contributed by atoms with Gasteiger partial charge in [0.15, 0.2) is 0 Å². The molecular formula is C12H19N3O3S. The first-order valence-electron chi connectivity index (χ1n) is 5.82. The summed E-state index contributed by atoms with van der Waals surface area (Å²) < 4.78 is 25.6. The van der Waals surface area contributed by atoms with Crippen LogP contribution in [-0.4, -0.2) is 39.3 Å². The molecule has 0 aliphatic rings. The zero-order valence-corrected chi connectivity index (χ0v) is 12.1. The number of carbonyl (C=O) groups excluding carboxylic acids is 1. The topological polar surface area (TPSA) is 92.5 Å². The summed E-state index contributed by atoms with van der Waals surface area (Å²) >= 11 is 0. The Kier molecular flexibility index (Phi) is 4.90. The number of nitrogens with zero attached hydrogens (tertiary/aromatic N) is 1. The van der Waals surface area contributed by atoms with E-state index in [4.69, 9.17) is 5.73 Å².